The third kappa shape index (κ3) is 3.30. The van der Waals surface area contributed by atoms with Crippen molar-refractivity contribution in [3.05, 3.63) is 46.8 Å². The van der Waals surface area contributed by atoms with Crippen molar-refractivity contribution in [2.75, 3.05) is 12.8 Å². The number of nitriles is 1. The number of nitrogens with two attached hydrogens (primary N) is 1. The molecular formula is C15H9F6N3O2. The fourth-order valence-electron chi connectivity index (χ4n) is 2.25. The third-order valence-electron chi connectivity index (χ3n) is 3.43. The molecule has 0 bridgehead atoms. The topological polar surface area (TPSA) is 81.0 Å². The summed E-state index contributed by atoms with van der Waals surface area (Å²) < 4.78 is 83.2. The zero-order valence-electron chi connectivity index (χ0n) is 12.9. The van der Waals surface area contributed by atoms with Gasteiger partial charge in [0, 0.05) is 6.20 Å². The first-order valence-electron chi connectivity index (χ1n) is 6.69. The van der Waals surface area contributed by atoms with Gasteiger partial charge >= 0.3 is 18.3 Å². The summed E-state index contributed by atoms with van der Waals surface area (Å²) in [4.78, 5) is 11.9. The maximum atomic E-state index is 13.3. The molecule has 0 atom stereocenters. The molecule has 0 aliphatic heterocycles. The number of ether oxygens (including phenoxy) is 1. The van der Waals surface area contributed by atoms with Gasteiger partial charge in [-0.1, -0.05) is 0 Å². The van der Waals surface area contributed by atoms with Crippen molar-refractivity contribution in [3.63, 3.8) is 0 Å². The van der Waals surface area contributed by atoms with Crippen molar-refractivity contribution in [3.8, 4) is 11.8 Å². The second-order valence-electron chi connectivity index (χ2n) is 5.01. The minimum Gasteiger partial charge on any atom is -0.464 e. The van der Waals surface area contributed by atoms with Gasteiger partial charge in [0.2, 0.25) is 0 Å². The second-order valence-corrected chi connectivity index (χ2v) is 5.01. The molecular weight excluding hydrogens is 368 g/mol. The van der Waals surface area contributed by atoms with Gasteiger partial charge in [0.25, 0.3) is 0 Å². The maximum absolute atomic E-state index is 13.3. The number of halogens is 6. The fraction of sp³-hybridized carbons (Fsp3) is 0.200. The standard InChI is InChI=1S/C15H9F6N3O2/c1-26-13(25)12-11(23)7(5-22)6-24(12)10-3-2-8(14(16,17)18)4-9(10)15(19,20)21/h2-4,6H,23H2,1H3. The van der Waals surface area contributed by atoms with Crippen LogP contribution in [0.5, 0.6) is 0 Å². The van der Waals surface area contributed by atoms with Gasteiger partial charge in [-0.05, 0) is 18.2 Å². The van der Waals surface area contributed by atoms with Gasteiger partial charge < -0.3 is 15.0 Å². The first-order valence-corrected chi connectivity index (χ1v) is 6.69. The Morgan fingerprint density at radius 3 is 2.27 bits per heavy atom. The van der Waals surface area contributed by atoms with E-state index in [1.165, 1.54) is 0 Å². The normalized spacial score (nSPS) is 11.9. The summed E-state index contributed by atoms with van der Waals surface area (Å²) in [5.41, 5.74) is 0.211. The number of hydrogen-bond acceptors (Lipinski definition) is 4. The van der Waals surface area contributed by atoms with Crippen LogP contribution in [0.3, 0.4) is 0 Å². The summed E-state index contributed by atoms with van der Waals surface area (Å²) in [6, 6.07) is 2.46. The predicted molar refractivity (Wildman–Crippen MR) is 76.2 cm³/mol. The molecule has 0 saturated carbocycles. The number of benzene rings is 1. The monoisotopic (exact) mass is 377 g/mol. The Morgan fingerprint density at radius 2 is 1.81 bits per heavy atom. The number of carbonyl (C=O) groups is 1. The van der Waals surface area contributed by atoms with Crippen LogP contribution in [-0.2, 0) is 17.1 Å². The SMILES string of the molecule is COC(=O)c1c(N)c(C#N)cn1-c1ccc(C(F)(F)F)cc1C(F)(F)F. The van der Waals surface area contributed by atoms with E-state index < -0.39 is 46.5 Å². The van der Waals surface area contributed by atoms with Crippen LogP contribution in [0.2, 0.25) is 0 Å². The van der Waals surface area contributed by atoms with Crippen molar-refractivity contribution in [2.24, 2.45) is 0 Å². The number of nitrogen functional groups attached to an aromatic ring is 1. The number of hydrogen-bond donors (Lipinski definition) is 1. The van der Waals surface area contributed by atoms with E-state index in [2.05, 4.69) is 4.74 Å². The Kier molecular flexibility index (Phi) is 4.64. The molecule has 1 aromatic heterocycles. The first-order chi connectivity index (χ1) is 11.9. The van der Waals surface area contributed by atoms with Crippen LogP contribution < -0.4 is 5.73 Å². The van der Waals surface area contributed by atoms with Gasteiger partial charge in [-0.25, -0.2) is 4.79 Å². The number of rotatable bonds is 2. The van der Waals surface area contributed by atoms with Crippen LogP contribution in [0.1, 0.15) is 27.2 Å². The number of alkyl halides is 6. The Labute approximate surface area is 142 Å². The zero-order valence-corrected chi connectivity index (χ0v) is 12.9. The summed E-state index contributed by atoms with van der Waals surface area (Å²) in [7, 11) is 0.933. The van der Waals surface area contributed by atoms with Crippen molar-refractivity contribution in [2.45, 2.75) is 12.4 Å². The zero-order chi connectivity index (χ0) is 19.9. The summed E-state index contributed by atoms with van der Waals surface area (Å²) in [6.45, 7) is 0. The smallest absolute Gasteiger partial charge is 0.418 e. The highest BCUT2D eigenvalue weighted by Crippen LogP contribution is 2.39. The van der Waals surface area contributed by atoms with Gasteiger partial charge in [-0.15, -0.1) is 0 Å². The molecule has 0 aliphatic rings. The summed E-state index contributed by atoms with van der Waals surface area (Å²) >= 11 is 0. The Morgan fingerprint density at radius 1 is 1.19 bits per heavy atom. The van der Waals surface area contributed by atoms with Crippen molar-refractivity contribution >= 4 is 11.7 Å². The Bertz CT molecular complexity index is 906. The van der Waals surface area contributed by atoms with Gasteiger partial charge in [-0.2, -0.15) is 31.6 Å². The molecule has 138 valence electrons. The molecule has 26 heavy (non-hydrogen) atoms. The lowest BCUT2D eigenvalue weighted by Crippen LogP contribution is -2.17. The lowest BCUT2D eigenvalue weighted by Gasteiger charge is -2.18. The highest BCUT2D eigenvalue weighted by atomic mass is 19.4. The number of methoxy groups -OCH3 is 1. The molecule has 0 unspecified atom stereocenters. The van der Waals surface area contributed by atoms with E-state index >= 15 is 0 Å². The van der Waals surface area contributed by atoms with Crippen LogP contribution >= 0.6 is 0 Å². The van der Waals surface area contributed by atoms with E-state index in [0.717, 1.165) is 13.3 Å². The molecule has 0 aliphatic carbocycles. The molecule has 1 heterocycles. The lowest BCUT2D eigenvalue weighted by molar-refractivity contribution is -0.143. The van der Waals surface area contributed by atoms with E-state index in [9.17, 15) is 31.1 Å². The second kappa shape index (κ2) is 6.29. The maximum Gasteiger partial charge on any atom is 0.418 e. The van der Waals surface area contributed by atoms with Crippen LogP contribution in [0, 0.1) is 11.3 Å². The van der Waals surface area contributed by atoms with E-state index in [4.69, 9.17) is 11.0 Å². The van der Waals surface area contributed by atoms with Gasteiger partial charge in [0.05, 0.1) is 35.2 Å². The van der Waals surface area contributed by atoms with Gasteiger partial charge in [0.1, 0.15) is 6.07 Å². The molecule has 0 radical (unpaired) electrons. The molecule has 5 nitrogen and oxygen atoms in total. The summed E-state index contributed by atoms with van der Waals surface area (Å²) in [5, 5.41) is 8.97. The van der Waals surface area contributed by atoms with Crippen LogP contribution in [-0.4, -0.2) is 17.6 Å². The van der Waals surface area contributed by atoms with E-state index in [1.807, 2.05) is 0 Å². The molecule has 2 aromatic rings. The predicted octanol–water partition coefficient (Wildman–Crippen LogP) is 3.76. The summed E-state index contributed by atoms with van der Waals surface area (Å²) in [5.74, 6) is -1.16. The van der Waals surface area contributed by atoms with E-state index in [0.29, 0.717) is 16.7 Å². The molecule has 2 N–H and O–H groups in total. The molecule has 0 saturated heterocycles. The molecule has 0 fully saturated rings. The largest absolute Gasteiger partial charge is 0.464 e. The molecule has 11 heteroatoms. The molecule has 1 aromatic carbocycles. The quantitative estimate of drug-likeness (QED) is 0.638. The first kappa shape index (κ1) is 19.2. The molecule has 2 rings (SSSR count). The van der Waals surface area contributed by atoms with Crippen molar-refractivity contribution < 1.29 is 35.9 Å². The highest BCUT2D eigenvalue weighted by molar-refractivity contribution is 5.96. The number of esters is 1. The van der Waals surface area contributed by atoms with Gasteiger partial charge in [0.15, 0.2) is 5.69 Å². The third-order valence-corrected chi connectivity index (χ3v) is 3.43. The minimum absolute atomic E-state index is 0.0847. The fourth-order valence-corrected chi connectivity index (χ4v) is 2.25. The van der Waals surface area contributed by atoms with Crippen LogP contribution in [0.25, 0.3) is 5.69 Å². The Balaban J connectivity index is 2.85. The number of anilines is 1. The van der Waals surface area contributed by atoms with Gasteiger partial charge in [-0.3, -0.25) is 0 Å². The van der Waals surface area contributed by atoms with Crippen molar-refractivity contribution in [1.82, 2.24) is 4.57 Å². The molecule has 0 amide bonds. The minimum atomic E-state index is -5.17. The van der Waals surface area contributed by atoms with Crippen LogP contribution in [0.15, 0.2) is 24.4 Å². The lowest BCUT2D eigenvalue weighted by atomic mass is 10.1. The average molecular weight is 377 g/mol. The summed E-state index contributed by atoms with van der Waals surface area (Å²) in [6.07, 6.45) is -9.35. The number of carbonyl (C=O) groups excluding carboxylic acids is 1. The van der Waals surface area contributed by atoms with Crippen LogP contribution in [0.4, 0.5) is 32.0 Å². The van der Waals surface area contributed by atoms with E-state index in [-0.39, 0.29) is 11.6 Å². The Hall–Kier alpha value is -3.16. The van der Waals surface area contributed by atoms with E-state index in [1.54, 1.807) is 6.07 Å². The van der Waals surface area contributed by atoms with Crippen molar-refractivity contribution in [1.29, 1.82) is 5.26 Å². The number of nitrogens with zero attached hydrogens (tertiary/aromatic N) is 2. The molecule has 0 spiro atoms. The number of aromatic nitrogens is 1. The highest BCUT2D eigenvalue weighted by Gasteiger charge is 2.39. The average Bonchev–Trinajstić information content (AvgIpc) is 2.88.